The van der Waals surface area contributed by atoms with Crippen LogP contribution >= 0.6 is 0 Å². The summed E-state index contributed by atoms with van der Waals surface area (Å²) < 4.78 is 0. The number of piperidine rings is 1. The van der Waals surface area contributed by atoms with Gasteiger partial charge in [-0.05, 0) is 37.1 Å². The third kappa shape index (κ3) is 3.96. The van der Waals surface area contributed by atoms with Gasteiger partial charge in [-0.3, -0.25) is 9.59 Å². The summed E-state index contributed by atoms with van der Waals surface area (Å²) in [6, 6.07) is 7.71. The lowest BCUT2D eigenvalue weighted by atomic mass is 10.0. The van der Waals surface area contributed by atoms with Gasteiger partial charge in [0.1, 0.15) is 0 Å². The minimum Gasteiger partial charge on any atom is -0.349 e. The Balaban J connectivity index is 1.53. The molecule has 1 aromatic rings. The number of anilines is 1. The predicted octanol–water partition coefficient (Wildman–Crippen LogP) is 1.00. The van der Waals surface area contributed by atoms with Crippen LogP contribution in [0.2, 0.25) is 0 Å². The fourth-order valence-corrected chi connectivity index (χ4v) is 3.76. The molecule has 1 aromatic carbocycles. The van der Waals surface area contributed by atoms with E-state index >= 15 is 0 Å². The van der Waals surface area contributed by atoms with E-state index in [0.717, 1.165) is 44.6 Å². The van der Waals surface area contributed by atoms with Crippen molar-refractivity contribution in [3.8, 4) is 0 Å². The molecule has 0 radical (unpaired) electrons. The van der Waals surface area contributed by atoms with Crippen LogP contribution in [-0.4, -0.2) is 44.0 Å². The van der Waals surface area contributed by atoms with Gasteiger partial charge in [0.2, 0.25) is 5.91 Å². The molecular weight excluding hydrogens is 302 g/mol. The number of carbonyl (C=O) groups is 2. The molecule has 0 bridgehead atoms. The number of rotatable bonds is 5. The van der Waals surface area contributed by atoms with Crippen molar-refractivity contribution in [1.82, 2.24) is 5.32 Å². The van der Waals surface area contributed by atoms with Gasteiger partial charge in [0.15, 0.2) is 0 Å². The lowest BCUT2D eigenvalue weighted by Crippen LogP contribution is -3.13. The van der Waals surface area contributed by atoms with Gasteiger partial charge in [-0.1, -0.05) is 6.92 Å². The first-order valence-electron chi connectivity index (χ1n) is 9.22. The third-order valence-electron chi connectivity index (χ3n) is 5.15. The number of nitrogens with one attached hydrogen (secondary N) is 2. The van der Waals surface area contributed by atoms with E-state index in [1.165, 1.54) is 13.0 Å². The van der Waals surface area contributed by atoms with Crippen LogP contribution in [-0.2, 0) is 4.79 Å². The molecule has 2 amide bonds. The van der Waals surface area contributed by atoms with E-state index in [9.17, 15) is 9.59 Å². The number of benzene rings is 1. The van der Waals surface area contributed by atoms with Gasteiger partial charge in [-0.25, -0.2) is 0 Å². The Labute approximate surface area is 144 Å². The van der Waals surface area contributed by atoms with Gasteiger partial charge in [0, 0.05) is 43.1 Å². The van der Waals surface area contributed by atoms with E-state index < -0.39 is 0 Å². The van der Waals surface area contributed by atoms with Gasteiger partial charge < -0.3 is 15.1 Å². The van der Waals surface area contributed by atoms with Gasteiger partial charge >= 0.3 is 0 Å². The average Bonchev–Trinajstić information content (AvgIpc) is 3.03. The van der Waals surface area contributed by atoms with Crippen molar-refractivity contribution in [3.05, 3.63) is 29.8 Å². The van der Waals surface area contributed by atoms with Crippen LogP contribution in [0.1, 0.15) is 49.4 Å². The minimum absolute atomic E-state index is 0.00163. The molecule has 0 aliphatic carbocycles. The standard InChI is InChI=1S/C19H27N3O2/c1-2-11-21-13-9-16(10-14-21)20-19(24)15-5-7-17(8-6-15)22-12-3-4-18(22)23/h5-8,16H,2-4,9-14H2,1H3,(H,20,24)/p+1. The van der Waals surface area contributed by atoms with E-state index in [4.69, 9.17) is 0 Å². The van der Waals surface area contributed by atoms with Crippen LogP contribution in [0, 0.1) is 0 Å². The second-order valence-corrected chi connectivity index (χ2v) is 6.94. The van der Waals surface area contributed by atoms with Crippen LogP contribution in [0.25, 0.3) is 0 Å². The van der Waals surface area contributed by atoms with Crippen LogP contribution < -0.4 is 15.1 Å². The first kappa shape index (κ1) is 17.0. The van der Waals surface area contributed by atoms with Crippen LogP contribution in [0.3, 0.4) is 0 Å². The quantitative estimate of drug-likeness (QED) is 0.846. The Bertz CT molecular complexity index is 577. The molecule has 2 fully saturated rings. The maximum absolute atomic E-state index is 12.4. The van der Waals surface area contributed by atoms with Gasteiger partial charge in [-0.2, -0.15) is 0 Å². The number of carbonyl (C=O) groups excluding carboxylic acids is 2. The smallest absolute Gasteiger partial charge is 0.251 e. The zero-order chi connectivity index (χ0) is 16.9. The highest BCUT2D eigenvalue weighted by atomic mass is 16.2. The molecule has 2 N–H and O–H groups in total. The zero-order valence-electron chi connectivity index (χ0n) is 14.5. The third-order valence-corrected chi connectivity index (χ3v) is 5.15. The second kappa shape index (κ2) is 7.79. The molecule has 0 aromatic heterocycles. The van der Waals surface area contributed by atoms with E-state index in [1.54, 1.807) is 9.80 Å². The summed E-state index contributed by atoms with van der Waals surface area (Å²) in [7, 11) is 0. The predicted molar refractivity (Wildman–Crippen MR) is 94.4 cm³/mol. The molecule has 0 unspecified atom stereocenters. The van der Waals surface area contributed by atoms with Gasteiger partial charge in [0.25, 0.3) is 5.91 Å². The normalized spacial score (nSPS) is 24.2. The summed E-state index contributed by atoms with van der Waals surface area (Å²) in [5.74, 6) is 0.173. The van der Waals surface area contributed by atoms with Gasteiger partial charge in [-0.15, -0.1) is 0 Å². The topological polar surface area (TPSA) is 53.9 Å². The van der Waals surface area contributed by atoms with E-state index in [2.05, 4.69) is 12.2 Å². The highest BCUT2D eigenvalue weighted by Crippen LogP contribution is 2.21. The van der Waals surface area contributed by atoms with Crippen LogP contribution in [0.15, 0.2) is 24.3 Å². The molecule has 24 heavy (non-hydrogen) atoms. The molecule has 0 saturated carbocycles. The number of amides is 2. The molecule has 3 rings (SSSR count). The lowest BCUT2D eigenvalue weighted by Gasteiger charge is -2.29. The van der Waals surface area contributed by atoms with Crippen molar-refractivity contribution in [2.75, 3.05) is 31.1 Å². The van der Waals surface area contributed by atoms with Crippen molar-refractivity contribution in [1.29, 1.82) is 0 Å². The fourth-order valence-electron chi connectivity index (χ4n) is 3.76. The number of likely N-dealkylation sites (tertiary alicyclic amines) is 1. The number of hydrogen-bond donors (Lipinski definition) is 2. The van der Waals surface area contributed by atoms with Crippen molar-refractivity contribution in [3.63, 3.8) is 0 Å². The minimum atomic E-state index is -0.00163. The monoisotopic (exact) mass is 330 g/mol. The Hall–Kier alpha value is -1.88. The summed E-state index contributed by atoms with van der Waals surface area (Å²) >= 11 is 0. The van der Waals surface area contributed by atoms with Crippen LogP contribution in [0.5, 0.6) is 0 Å². The average molecular weight is 330 g/mol. The molecule has 2 aliphatic heterocycles. The molecule has 0 spiro atoms. The van der Waals surface area contributed by atoms with Crippen molar-refractivity contribution >= 4 is 17.5 Å². The summed E-state index contributed by atoms with van der Waals surface area (Å²) in [4.78, 5) is 27.6. The summed E-state index contributed by atoms with van der Waals surface area (Å²) in [6.45, 7) is 6.53. The largest absolute Gasteiger partial charge is 0.349 e. The Morgan fingerprint density at radius 2 is 1.96 bits per heavy atom. The molecule has 130 valence electrons. The summed E-state index contributed by atoms with van der Waals surface area (Å²) in [5.41, 5.74) is 1.57. The highest BCUT2D eigenvalue weighted by Gasteiger charge is 2.24. The van der Waals surface area contributed by atoms with Crippen molar-refractivity contribution in [2.45, 2.75) is 45.1 Å². The molecule has 0 atom stereocenters. The molecule has 5 heteroatoms. The highest BCUT2D eigenvalue weighted by molar-refractivity contribution is 5.97. The van der Waals surface area contributed by atoms with E-state index in [-0.39, 0.29) is 17.9 Å². The van der Waals surface area contributed by atoms with E-state index in [1.807, 2.05) is 24.3 Å². The number of nitrogens with zero attached hydrogens (tertiary/aromatic N) is 1. The molecule has 2 heterocycles. The first-order valence-corrected chi connectivity index (χ1v) is 9.22. The Kier molecular flexibility index (Phi) is 5.51. The van der Waals surface area contributed by atoms with Crippen molar-refractivity contribution in [2.24, 2.45) is 0 Å². The SMILES string of the molecule is CCC[NH+]1CCC(NC(=O)c2ccc(N3CCCC3=O)cc2)CC1. The van der Waals surface area contributed by atoms with Gasteiger partial charge in [0.05, 0.1) is 19.6 Å². The maximum Gasteiger partial charge on any atom is 0.251 e. The Morgan fingerprint density at radius 1 is 1.25 bits per heavy atom. The Morgan fingerprint density at radius 3 is 2.54 bits per heavy atom. The maximum atomic E-state index is 12.4. The lowest BCUT2D eigenvalue weighted by molar-refractivity contribution is -0.905. The van der Waals surface area contributed by atoms with Crippen LogP contribution in [0.4, 0.5) is 5.69 Å². The molecular formula is C19H28N3O2+. The summed E-state index contributed by atoms with van der Waals surface area (Å²) in [5, 5.41) is 3.16. The molecule has 5 nitrogen and oxygen atoms in total. The zero-order valence-corrected chi connectivity index (χ0v) is 14.5. The number of hydrogen-bond acceptors (Lipinski definition) is 2. The van der Waals surface area contributed by atoms with Crippen molar-refractivity contribution < 1.29 is 14.5 Å². The molecule has 2 saturated heterocycles. The first-order chi connectivity index (χ1) is 11.7. The molecule has 2 aliphatic rings. The number of quaternary nitrogens is 1. The second-order valence-electron chi connectivity index (χ2n) is 6.94. The summed E-state index contributed by atoms with van der Waals surface area (Å²) in [6.07, 6.45) is 4.88. The van der Waals surface area contributed by atoms with E-state index in [0.29, 0.717) is 12.0 Å². The fraction of sp³-hybridized carbons (Fsp3) is 0.579.